The largest absolute Gasteiger partial charge is 0.493 e. The van der Waals surface area contributed by atoms with Crippen LogP contribution in [-0.4, -0.2) is 24.0 Å². The normalized spacial score (nSPS) is 10.5. The van der Waals surface area contributed by atoms with Gasteiger partial charge >= 0.3 is 0 Å². The highest BCUT2D eigenvalue weighted by atomic mass is 16.5. The first-order valence-corrected chi connectivity index (χ1v) is 6.80. The third-order valence-electron chi connectivity index (χ3n) is 3.15. The summed E-state index contributed by atoms with van der Waals surface area (Å²) >= 11 is 0. The van der Waals surface area contributed by atoms with Gasteiger partial charge in [-0.15, -0.1) is 0 Å². The first-order chi connectivity index (χ1) is 10.2. The zero-order valence-electron chi connectivity index (χ0n) is 12.6. The Morgan fingerprint density at radius 3 is 2.29 bits per heavy atom. The zero-order chi connectivity index (χ0) is 15.2. The van der Waals surface area contributed by atoms with E-state index in [1.54, 1.807) is 20.4 Å². The molecule has 2 aromatic rings. The number of nitrogens with two attached hydrogens (primary N) is 1. The molecule has 2 N–H and O–H groups in total. The third-order valence-corrected chi connectivity index (χ3v) is 3.15. The van der Waals surface area contributed by atoms with Gasteiger partial charge in [0, 0.05) is 24.8 Å². The van der Waals surface area contributed by atoms with Gasteiger partial charge < -0.3 is 19.9 Å². The Hall–Kier alpha value is -2.21. The number of aryl methyl sites for hydroxylation is 1. The smallest absolute Gasteiger partial charge is 0.203 e. The molecule has 6 nitrogen and oxygen atoms in total. The maximum absolute atomic E-state index is 5.85. The molecule has 0 amide bonds. The number of benzene rings is 1. The summed E-state index contributed by atoms with van der Waals surface area (Å²) in [6.07, 6.45) is 3.74. The van der Waals surface area contributed by atoms with Gasteiger partial charge in [-0.1, -0.05) is 0 Å². The Bertz CT molecular complexity index is 571. The van der Waals surface area contributed by atoms with Gasteiger partial charge in [-0.3, -0.25) is 4.68 Å². The zero-order valence-corrected chi connectivity index (χ0v) is 12.6. The number of nitrogens with zero attached hydrogens (tertiary/aromatic N) is 2. The van der Waals surface area contributed by atoms with Gasteiger partial charge in [-0.05, 0) is 24.6 Å². The van der Waals surface area contributed by atoms with Gasteiger partial charge in [0.15, 0.2) is 11.5 Å². The van der Waals surface area contributed by atoms with Gasteiger partial charge in [-0.2, -0.15) is 5.10 Å². The number of aromatic nitrogens is 2. The highest BCUT2D eigenvalue weighted by Gasteiger charge is 2.14. The van der Waals surface area contributed by atoms with Crippen molar-refractivity contribution in [3.63, 3.8) is 0 Å². The monoisotopic (exact) mass is 291 g/mol. The van der Waals surface area contributed by atoms with Crippen molar-refractivity contribution in [2.75, 3.05) is 14.2 Å². The molecule has 0 bridgehead atoms. The lowest BCUT2D eigenvalue weighted by Gasteiger charge is -2.15. The Kier molecular flexibility index (Phi) is 5.05. The first kappa shape index (κ1) is 15.2. The van der Waals surface area contributed by atoms with E-state index in [0.29, 0.717) is 30.4 Å². The van der Waals surface area contributed by atoms with Gasteiger partial charge in [0.2, 0.25) is 5.75 Å². The number of rotatable bonds is 7. The molecule has 0 saturated carbocycles. The topological polar surface area (TPSA) is 71.5 Å². The van der Waals surface area contributed by atoms with E-state index in [9.17, 15) is 0 Å². The average molecular weight is 291 g/mol. The summed E-state index contributed by atoms with van der Waals surface area (Å²) in [7, 11) is 3.19. The minimum absolute atomic E-state index is 0.398. The molecule has 21 heavy (non-hydrogen) atoms. The van der Waals surface area contributed by atoms with Crippen LogP contribution in [0.4, 0.5) is 0 Å². The lowest BCUT2D eigenvalue weighted by atomic mass is 10.2. The molecule has 0 radical (unpaired) electrons. The van der Waals surface area contributed by atoms with Crippen LogP contribution in [0.5, 0.6) is 17.2 Å². The molecule has 0 spiro atoms. The number of hydrogen-bond donors (Lipinski definition) is 1. The summed E-state index contributed by atoms with van der Waals surface area (Å²) in [6, 6.07) is 3.71. The summed E-state index contributed by atoms with van der Waals surface area (Å²) in [6.45, 7) is 3.68. The fraction of sp³-hybridized carbons (Fsp3) is 0.400. The van der Waals surface area contributed by atoms with Crippen molar-refractivity contribution in [1.29, 1.82) is 0 Å². The Balaban J connectivity index is 2.21. The summed E-state index contributed by atoms with van der Waals surface area (Å²) in [4.78, 5) is 0. The van der Waals surface area contributed by atoms with Crippen LogP contribution < -0.4 is 19.9 Å². The van der Waals surface area contributed by atoms with Crippen LogP contribution in [0.25, 0.3) is 0 Å². The van der Waals surface area contributed by atoms with E-state index >= 15 is 0 Å². The van der Waals surface area contributed by atoms with Crippen molar-refractivity contribution in [2.45, 2.75) is 26.6 Å². The van der Waals surface area contributed by atoms with E-state index in [1.807, 2.05) is 29.9 Å². The van der Waals surface area contributed by atoms with Crippen molar-refractivity contribution in [1.82, 2.24) is 9.78 Å². The highest BCUT2D eigenvalue weighted by molar-refractivity contribution is 5.53. The second kappa shape index (κ2) is 6.99. The second-order valence-electron chi connectivity index (χ2n) is 4.53. The molecule has 114 valence electrons. The Morgan fingerprint density at radius 2 is 1.81 bits per heavy atom. The maximum atomic E-state index is 5.85. The van der Waals surface area contributed by atoms with Crippen LogP contribution in [-0.2, 0) is 19.7 Å². The van der Waals surface area contributed by atoms with E-state index in [2.05, 4.69) is 5.10 Å². The molecule has 0 unspecified atom stereocenters. The molecule has 0 atom stereocenters. The predicted octanol–water partition coefficient (Wildman–Crippen LogP) is 1.96. The molecular weight excluding hydrogens is 270 g/mol. The fourth-order valence-corrected chi connectivity index (χ4v) is 2.00. The molecule has 0 aliphatic carbocycles. The molecule has 6 heteroatoms. The van der Waals surface area contributed by atoms with Crippen LogP contribution in [0.2, 0.25) is 0 Å². The van der Waals surface area contributed by atoms with Crippen molar-refractivity contribution in [2.24, 2.45) is 5.73 Å². The van der Waals surface area contributed by atoms with Crippen molar-refractivity contribution in [3.05, 3.63) is 35.7 Å². The van der Waals surface area contributed by atoms with Gasteiger partial charge in [0.25, 0.3) is 0 Å². The van der Waals surface area contributed by atoms with Gasteiger partial charge in [-0.25, -0.2) is 0 Å². The molecule has 0 saturated heterocycles. The number of methoxy groups -OCH3 is 2. The SMILES string of the molecule is CCn1cc(COc2c(OC)cc(CN)cc2OC)cn1. The van der Waals surface area contributed by atoms with E-state index in [0.717, 1.165) is 17.7 Å². The second-order valence-corrected chi connectivity index (χ2v) is 4.53. The van der Waals surface area contributed by atoms with Crippen molar-refractivity contribution >= 4 is 0 Å². The molecule has 0 aliphatic heterocycles. The lowest BCUT2D eigenvalue weighted by molar-refractivity contribution is 0.265. The minimum atomic E-state index is 0.398. The molecule has 1 heterocycles. The lowest BCUT2D eigenvalue weighted by Crippen LogP contribution is -2.03. The van der Waals surface area contributed by atoms with Crippen molar-refractivity contribution in [3.8, 4) is 17.2 Å². The average Bonchev–Trinajstić information content (AvgIpc) is 2.99. The van der Waals surface area contributed by atoms with Crippen LogP contribution in [0.1, 0.15) is 18.1 Å². The van der Waals surface area contributed by atoms with Crippen LogP contribution in [0, 0.1) is 0 Å². The first-order valence-electron chi connectivity index (χ1n) is 6.80. The predicted molar refractivity (Wildman–Crippen MR) is 79.7 cm³/mol. The van der Waals surface area contributed by atoms with Crippen LogP contribution in [0.3, 0.4) is 0 Å². The highest BCUT2D eigenvalue weighted by Crippen LogP contribution is 2.38. The van der Waals surface area contributed by atoms with Crippen molar-refractivity contribution < 1.29 is 14.2 Å². The number of hydrogen-bond acceptors (Lipinski definition) is 5. The molecule has 1 aromatic heterocycles. The summed E-state index contributed by atoms with van der Waals surface area (Å²) in [5.41, 5.74) is 7.58. The Morgan fingerprint density at radius 1 is 1.14 bits per heavy atom. The molecule has 0 fully saturated rings. The third kappa shape index (κ3) is 3.46. The van der Waals surface area contributed by atoms with E-state index in [4.69, 9.17) is 19.9 Å². The minimum Gasteiger partial charge on any atom is -0.493 e. The molecule has 0 aliphatic rings. The van der Waals surface area contributed by atoms with Gasteiger partial charge in [0.1, 0.15) is 6.61 Å². The summed E-state index contributed by atoms with van der Waals surface area (Å²) < 4.78 is 18.4. The van der Waals surface area contributed by atoms with E-state index in [1.165, 1.54) is 0 Å². The van der Waals surface area contributed by atoms with E-state index in [-0.39, 0.29) is 0 Å². The Labute approximate surface area is 124 Å². The van der Waals surface area contributed by atoms with Gasteiger partial charge in [0.05, 0.1) is 20.4 Å². The standard InChI is InChI=1S/C15H21N3O3/c1-4-18-9-12(8-17-18)10-21-15-13(19-2)5-11(7-16)6-14(15)20-3/h5-6,8-9H,4,7,10,16H2,1-3H3. The quantitative estimate of drug-likeness (QED) is 0.844. The van der Waals surface area contributed by atoms with E-state index < -0.39 is 0 Å². The maximum Gasteiger partial charge on any atom is 0.203 e. The molecule has 1 aromatic carbocycles. The number of ether oxygens (including phenoxy) is 3. The molecular formula is C15H21N3O3. The van der Waals surface area contributed by atoms with Crippen LogP contribution in [0.15, 0.2) is 24.5 Å². The molecule has 2 rings (SSSR count). The summed E-state index contributed by atoms with van der Waals surface area (Å²) in [5, 5.41) is 4.22. The summed E-state index contributed by atoms with van der Waals surface area (Å²) in [5.74, 6) is 1.79. The van der Waals surface area contributed by atoms with Crippen LogP contribution >= 0.6 is 0 Å². The fourth-order valence-electron chi connectivity index (χ4n) is 2.00.